The van der Waals surface area contributed by atoms with Crippen LogP contribution in [0.5, 0.6) is 0 Å². The normalized spacial score (nSPS) is 30.0. The Labute approximate surface area is 75.7 Å². The Kier molecular flexibility index (Phi) is 2.99. The van der Waals surface area contributed by atoms with Crippen molar-refractivity contribution >= 4 is 21.9 Å². The van der Waals surface area contributed by atoms with Gasteiger partial charge in [-0.2, -0.15) is 25.4 Å². The molecule has 68 valence electrons. The van der Waals surface area contributed by atoms with Crippen LogP contribution in [0.3, 0.4) is 0 Å². The molecule has 2 atom stereocenters. The van der Waals surface area contributed by atoms with Crippen LogP contribution in [0.4, 0.5) is 0 Å². The zero-order chi connectivity index (χ0) is 9.19. The zero-order valence-electron chi connectivity index (χ0n) is 6.30. The first-order chi connectivity index (χ1) is 5.53. The second kappa shape index (κ2) is 3.64. The van der Waals surface area contributed by atoms with Crippen LogP contribution in [-0.4, -0.2) is 30.2 Å². The average molecular weight is 207 g/mol. The lowest BCUT2D eigenvalue weighted by Gasteiger charge is -2.08. The second-order valence-corrected chi connectivity index (χ2v) is 5.35. The molecule has 2 unspecified atom stereocenters. The summed E-state index contributed by atoms with van der Waals surface area (Å²) in [5.74, 6) is 0.624. The highest BCUT2D eigenvalue weighted by Gasteiger charge is 2.31. The van der Waals surface area contributed by atoms with Crippen molar-refractivity contribution in [2.75, 3.05) is 17.3 Å². The van der Waals surface area contributed by atoms with Crippen molar-refractivity contribution in [2.45, 2.75) is 0 Å². The smallest absolute Gasteiger partial charge is 0.265 e. The van der Waals surface area contributed by atoms with Gasteiger partial charge in [0.05, 0.1) is 17.7 Å². The molecular weight excluding hydrogens is 198 g/mol. The number of hydrogen-bond acceptors (Lipinski definition) is 4. The van der Waals surface area contributed by atoms with E-state index in [2.05, 4.69) is 0 Å². The molecule has 4 nitrogen and oxygen atoms in total. The fourth-order valence-corrected chi connectivity index (χ4v) is 3.61. The summed E-state index contributed by atoms with van der Waals surface area (Å²) in [5.41, 5.74) is 0. The molecule has 0 saturated carbocycles. The third-order valence-electron chi connectivity index (χ3n) is 1.79. The molecule has 1 rings (SSSR count). The molecule has 0 spiro atoms. The Morgan fingerprint density at radius 3 is 2.75 bits per heavy atom. The molecule has 6 heteroatoms. The third-order valence-corrected chi connectivity index (χ3v) is 3.90. The number of rotatable bonds is 2. The monoisotopic (exact) mass is 207 g/mol. The van der Waals surface area contributed by atoms with Crippen LogP contribution in [0.1, 0.15) is 0 Å². The highest BCUT2D eigenvalue weighted by molar-refractivity contribution is 7.99. The zero-order valence-corrected chi connectivity index (χ0v) is 7.94. The van der Waals surface area contributed by atoms with Gasteiger partial charge in [-0.3, -0.25) is 4.55 Å². The van der Waals surface area contributed by atoms with Crippen LogP contribution in [0.2, 0.25) is 0 Å². The van der Waals surface area contributed by atoms with E-state index < -0.39 is 10.1 Å². The van der Waals surface area contributed by atoms with E-state index in [9.17, 15) is 8.42 Å². The van der Waals surface area contributed by atoms with Crippen LogP contribution in [0.15, 0.2) is 0 Å². The molecule has 1 N–H and O–H groups in total. The van der Waals surface area contributed by atoms with Gasteiger partial charge in [0.15, 0.2) is 0 Å². The fourth-order valence-electron chi connectivity index (χ4n) is 1.18. The molecule has 1 saturated heterocycles. The van der Waals surface area contributed by atoms with Gasteiger partial charge < -0.3 is 0 Å². The van der Waals surface area contributed by atoms with Crippen molar-refractivity contribution in [3.63, 3.8) is 0 Å². The van der Waals surface area contributed by atoms with Gasteiger partial charge in [0.2, 0.25) is 0 Å². The molecule has 0 amide bonds. The van der Waals surface area contributed by atoms with Gasteiger partial charge in [-0.05, 0) is 5.75 Å². The lowest BCUT2D eigenvalue weighted by atomic mass is 10.0. The van der Waals surface area contributed by atoms with Crippen molar-refractivity contribution in [1.29, 1.82) is 5.26 Å². The van der Waals surface area contributed by atoms with Crippen molar-refractivity contribution in [3.8, 4) is 6.07 Å². The van der Waals surface area contributed by atoms with Crippen molar-refractivity contribution in [3.05, 3.63) is 0 Å². The van der Waals surface area contributed by atoms with Crippen LogP contribution in [0.25, 0.3) is 0 Å². The van der Waals surface area contributed by atoms with E-state index in [1.165, 1.54) is 0 Å². The summed E-state index contributed by atoms with van der Waals surface area (Å²) in [6, 6.07) is 2.04. The Morgan fingerprint density at radius 2 is 2.25 bits per heavy atom. The lowest BCUT2D eigenvalue weighted by Crippen LogP contribution is -2.21. The van der Waals surface area contributed by atoms with Gasteiger partial charge in [-0.1, -0.05) is 0 Å². The molecule has 1 fully saturated rings. The highest BCUT2D eigenvalue weighted by atomic mass is 32.2. The summed E-state index contributed by atoms with van der Waals surface area (Å²) < 4.78 is 29.5. The molecule has 0 radical (unpaired) electrons. The quantitative estimate of drug-likeness (QED) is 0.662. The van der Waals surface area contributed by atoms with Crippen LogP contribution >= 0.6 is 11.8 Å². The summed E-state index contributed by atoms with van der Waals surface area (Å²) >= 11 is 1.56. The summed E-state index contributed by atoms with van der Waals surface area (Å²) in [6.07, 6.45) is 0. The van der Waals surface area contributed by atoms with Gasteiger partial charge in [0, 0.05) is 11.7 Å². The van der Waals surface area contributed by atoms with E-state index in [0.29, 0.717) is 11.5 Å². The van der Waals surface area contributed by atoms with Gasteiger partial charge in [-0.25, -0.2) is 0 Å². The first-order valence-electron chi connectivity index (χ1n) is 3.45. The lowest BCUT2D eigenvalue weighted by molar-refractivity contribution is 0.458. The fraction of sp³-hybridized carbons (Fsp3) is 0.833. The summed E-state index contributed by atoms with van der Waals surface area (Å²) in [7, 11) is -3.91. The molecular formula is C6H9NO3S2. The SMILES string of the molecule is N#CC1CSCC1CS(=O)(=O)O. The van der Waals surface area contributed by atoms with Gasteiger partial charge >= 0.3 is 0 Å². The summed E-state index contributed by atoms with van der Waals surface area (Å²) in [5, 5.41) is 8.59. The predicted octanol–water partition coefficient (Wildman–Crippen LogP) is 0.377. The maximum Gasteiger partial charge on any atom is 0.265 e. The molecule has 0 aromatic heterocycles. The molecule has 12 heavy (non-hydrogen) atoms. The molecule has 0 bridgehead atoms. The molecule has 1 aliphatic heterocycles. The van der Waals surface area contributed by atoms with E-state index in [-0.39, 0.29) is 17.6 Å². The molecule has 0 aromatic carbocycles. The Morgan fingerprint density at radius 1 is 1.58 bits per heavy atom. The standard InChI is InChI=1S/C6H9NO3S2/c7-1-5-2-11-3-6(5)4-12(8,9)10/h5-6H,2-4H2,(H,8,9,10). The van der Waals surface area contributed by atoms with Crippen LogP contribution in [0, 0.1) is 23.2 Å². The maximum absolute atomic E-state index is 10.5. The van der Waals surface area contributed by atoms with Gasteiger partial charge in [0.25, 0.3) is 10.1 Å². The van der Waals surface area contributed by atoms with E-state index in [0.717, 1.165) is 0 Å². The number of nitrogens with zero attached hydrogens (tertiary/aromatic N) is 1. The van der Waals surface area contributed by atoms with E-state index in [1.54, 1.807) is 11.8 Å². The minimum atomic E-state index is -3.91. The van der Waals surface area contributed by atoms with Crippen molar-refractivity contribution in [2.24, 2.45) is 11.8 Å². The first kappa shape index (κ1) is 9.84. The molecule has 1 heterocycles. The Bertz CT molecular complexity index is 292. The minimum Gasteiger partial charge on any atom is -0.286 e. The average Bonchev–Trinajstić information content (AvgIpc) is 2.31. The topological polar surface area (TPSA) is 78.2 Å². The third kappa shape index (κ3) is 2.66. The number of nitriles is 1. The maximum atomic E-state index is 10.5. The second-order valence-electron chi connectivity index (χ2n) is 2.78. The van der Waals surface area contributed by atoms with Crippen LogP contribution in [-0.2, 0) is 10.1 Å². The van der Waals surface area contributed by atoms with E-state index >= 15 is 0 Å². The number of hydrogen-bond donors (Lipinski definition) is 1. The van der Waals surface area contributed by atoms with Crippen molar-refractivity contribution in [1.82, 2.24) is 0 Å². The summed E-state index contributed by atoms with van der Waals surface area (Å²) in [4.78, 5) is 0. The number of thioether (sulfide) groups is 1. The molecule has 1 aliphatic rings. The summed E-state index contributed by atoms with van der Waals surface area (Å²) in [6.45, 7) is 0. The first-order valence-corrected chi connectivity index (χ1v) is 6.22. The van der Waals surface area contributed by atoms with E-state index in [4.69, 9.17) is 9.81 Å². The Hall–Kier alpha value is -0.250. The van der Waals surface area contributed by atoms with E-state index in [1.807, 2.05) is 6.07 Å². The predicted molar refractivity (Wildman–Crippen MR) is 46.3 cm³/mol. The largest absolute Gasteiger partial charge is 0.286 e. The Balaban J connectivity index is 2.59. The minimum absolute atomic E-state index is 0.199. The molecule has 0 aliphatic carbocycles. The van der Waals surface area contributed by atoms with Gasteiger partial charge in [-0.15, -0.1) is 0 Å². The molecule has 0 aromatic rings. The van der Waals surface area contributed by atoms with Gasteiger partial charge in [0.1, 0.15) is 0 Å². The highest BCUT2D eigenvalue weighted by Crippen LogP contribution is 2.30. The van der Waals surface area contributed by atoms with Crippen molar-refractivity contribution < 1.29 is 13.0 Å². The van der Waals surface area contributed by atoms with Crippen LogP contribution < -0.4 is 0 Å².